The monoisotopic (exact) mass is 339 g/mol. The average molecular weight is 338 g/mol. The van der Waals surface area contributed by atoms with Crippen LogP contribution in [0.25, 0.3) is 0 Å². The molecule has 0 spiro atoms. The van der Waals surface area contributed by atoms with Gasteiger partial charge in [-0.3, -0.25) is 0 Å². The Balaban J connectivity index is 0.000000218. The van der Waals surface area contributed by atoms with Gasteiger partial charge in [-0.1, -0.05) is 0 Å². The number of benzene rings is 1. The Kier molecular flexibility index (Phi) is 5.83. The van der Waals surface area contributed by atoms with Gasteiger partial charge in [-0.25, -0.2) is 4.79 Å². The summed E-state index contributed by atoms with van der Waals surface area (Å²) in [7, 11) is 0. The van der Waals surface area contributed by atoms with E-state index in [1.54, 1.807) is 0 Å². The van der Waals surface area contributed by atoms with Crippen molar-refractivity contribution in [1.29, 1.82) is 0 Å². The minimum absolute atomic E-state index is 0.810. The summed E-state index contributed by atoms with van der Waals surface area (Å²) in [6, 6.07) is 9.73. The molecule has 0 aliphatic carbocycles. The Bertz CT molecular complexity index is 209. The van der Waals surface area contributed by atoms with Gasteiger partial charge in [0, 0.05) is 0 Å². The van der Waals surface area contributed by atoms with E-state index in [0.717, 1.165) is 26.1 Å². The minimum atomic E-state index is -0.833. The van der Waals surface area contributed by atoms with Crippen LogP contribution in [-0.4, -0.2) is 6.03 Å². The van der Waals surface area contributed by atoms with E-state index in [4.69, 9.17) is 4.79 Å². The number of rotatable bonds is 0. The van der Waals surface area contributed by atoms with Crippen LogP contribution in [-0.2, 0) is 26.1 Å². The molecule has 0 atom stereocenters. The number of primary amides is 2. The summed E-state index contributed by atoms with van der Waals surface area (Å²) in [5, 5.41) is 0. The Morgan fingerprint density at radius 3 is 1.73 bits per heavy atom. The number of hydrogen-bond donors (Lipinski definition) is 2. The number of amides is 2. The Morgan fingerprint density at radius 2 is 1.55 bits per heavy atom. The normalized spacial score (nSPS) is 7.82. The average Bonchev–Trinajstić information content (AvgIpc) is 1.87. The molecule has 0 bridgehead atoms. The molecule has 55 valence electrons. The van der Waals surface area contributed by atoms with Crippen molar-refractivity contribution in [1.82, 2.24) is 0 Å². The summed E-state index contributed by atoms with van der Waals surface area (Å²) < 4.78 is 1.52. The van der Waals surface area contributed by atoms with E-state index < -0.39 is 6.03 Å². The van der Waals surface area contributed by atoms with Crippen molar-refractivity contribution < 1.29 is 30.9 Å². The zero-order valence-electron chi connectivity index (χ0n) is 6.16. The summed E-state index contributed by atoms with van der Waals surface area (Å²) >= 11 is 0.810. The molecule has 3 nitrogen and oxygen atoms in total. The Morgan fingerprint density at radius 1 is 1.18 bits per heavy atom. The van der Waals surface area contributed by atoms with E-state index in [-0.39, 0.29) is 0 Å². The van der Waals surface area contributed by atoms with Crippen molar-refractivity contribution in [2.24, 2.45) is 11.5 Å². The van der Waals surface area contributed by atoms with Gasteiger partial charge in [0.05, 0.1) is 0 Å². The zero-order chi connectivity index (χ0) is 8.69. The molecule has 1 rings (SSSR count). The van der Waals surface area contributed by atoms with E-state index in [1.807, 2.05) is 0 Å². The van der Waals surface area contributed by atoms with Gasteiger partial charge >= 0.3 is 65.6 Å². The second kappa shape index (κ2) is 6.16. The molecular formula is C7H9HgN2O. The second-order valence-electron chi connectivity index (χ2n) is 1.89. The first kappa shape index (κ1) is 10.4. The van der Waals surface area contributed by atoms with Crippen LogP contribution in [0.1, 0.15) is 0 Å². The number of carbonyl (C=O) groups is 1. The number of nitrogens with two attached hydrogens (primary N) is 2. The molecule has 0 aliphatic heterocycles. The van der Waals surface area contributed by atoms with Crippen LogP contribution >= 0.6 is 0 Å². The molecule has 0 fully saturated rings. The van der Waals surface area contributed by atoms with Crippen LogP contribution in [0.15, 0.2) is 30.3 Å². The van der Waals surface area contributed by atoms with Crippen molar-refractivity contribution >= 4 is 9.10 Å². The van der Waals surface area contributed by atoms with Crippen LogP contribution in [0.3, 0.4) is 0 Å². The molecule has 0 aromatic heterocycles. The first-order valence-electron chi connectivity index (χ1n) is 3.05. The van der Waals surface area contributed by atoms with E-state index >= 15 is 0 Å². The number of hydrogen-bond acceptors (Lipinski definition) is 1. The summed E-state index contributed by atoms with van der Waals surface area (Å²) in [5.74, 6) is 0. The molecule has 1 aromatic rings. The van der Waals surface area contributed by atoms with E-state index in [0.29, 0.717) is 0 Å². The maximum absolute atomic E-state index is 9.00. The third-order valence-electron chi connectivity index (χ3n) is 0.843. The Hall–Kier alpha value is -0.575. The van der Waals surface area contributed by atoms with Crippen molar-refractivity contribution in [3.05, 3.63) is 30.3 Å². The standard InChI is InChI=1S/C6H5.CH4N2O.Hg/c1-2-4-6-5-3-1;2-1(3)4;/h1-5H;(H4,2,3,4);. The van der Waals surface area contributed by atoms with Crippen LogP contribution < -0.4 is 14.5 Å². The molecule has 1 aromatic carbocycles. The summed E-state index contributed by atoms with van der Waals surface area (Å²) in [6.45, 7) is 0. The second-order valence-corrected chi connectivity index (χ2v) is 5.06. The maximum atomic E-state index is 9.00. The van der Waals surface area contributed by atoms with Crippen LogP contribution in [0, 0.1) is 0 Å². The number of carbonyl (C=O) groups excluding carboxylic acids is 1. The van der Waals surface area contributed by atoms with Gasteiger partial charge in [-0.2, -0.15) is 0 Å². The van der Waals surface area contributed by atoms with Crippen molar-refractivity contribution in [3.63, 3.8) is 0 Å². The van der Waals surface area contributed by atoms with Gasteiger partial charge in [0.1, 0.15) is 0 Å². The van der Waals surface area contributed by atoms with E-state index in [2.05, 4.69) is 41.8 Å². The fourth-order valence-corrected chi connectivity index (χ4v) is 1.54. The molecule has 0 unspecified atom stereocenters. The molecule has 11 heavy (non-hydrogen) atoms. The third-order valence-corrected chi connectivity index (χ3v) is 2.68. The molecular weight excluding hydrogens is 329 g/mol. The van der Waals surface area contributed by atoms with Gasteiger partial charge < -0.3 is 11.5 Å². The predicted molar refractivity (Wildman–Crippen MR) is 39.8 cm³/mol. The van der Waals surface area contributed by atoms with Crippen molar-refractivity contribution in [3.8, 4) is 0 Å². The fourth-order valence-electron chi connectivity index (χ4n) is 0.478. The van der Waals surface area contributed by atoms with Crippen molar-refractivity contribution in [2.45, 2.75) is 0 Å². The van der Waals surface area contributed by atoms with Crippen LogP contribution in [0.2, 0.25) is 0 Å². The molecule has 4 N–H and O–H groups in total. The summed E-state index contributed by atoms with van der Waals surface area (Å²) in [4.78, 5) is 9.00. The van der Waals surface area contributed by atoms with Gasteiger partial charge in [0.15, 0.2) is 0 Å². The zero-order valence-corrected chi connectivity index (χ0v) is 11.7. The first-order valence-corrected chi connectivity index (χ1v) is 5.79. The fraction of sp³-hybridized carbons (Fsp3) is 0. The van der Waals surface area contributed by atoms with Crippen molar-refractivity contribution in [2.75, 3.05) is 0 Å². The Labute approximate surface area is 81.7 Å². The SMILES string of the molecule is NC(N)=O.[Hg][c]1ccccc1. The van der Waals surface area contributed by atoms with Gasteiger partial charge in [-0.05, 0) is 0 Å². The molecule has 0 aliphatic rings. The summed E-state index contributed by atoms with van der Waals surface area (Å²) in [6.07, 6.45) is 0. The quantitative estimate of drug-likeness (QED) is 0.637. The molecule has 2 amide bonds. The van der Waals surface area contributed by atoms with Crippen LogP contribution in [0.4, 0.5) is 4.79 Å². The molecule has 4 heteroatoms. The topological polar surface area (TPSA) is 69.1 Å². The molecule has 0 heterocycles. The number of urea groups is 1. The molecule has 0 saturated carbocycles. The van der Waals surface area contributed by atoms with Gasteiger partial charge in [0.25, 0.3) is 0 Å². The predicted octanol–water partition coefficient (Wildman–Crippen LogP) is -0.118. The van der Waals surface area contributed by atoms with Crippen LogP contribution in [0.5, 0.6) is 0 Å². The van der Waals surface area contributed by atoms with Gasteiger partial charge in [-0.15, -0.1) is 0 Å². The first-order chi connectivity index (χ1) is 5.13. The molecule has 0 saturated heterocycles. The summed E-state index contributed by atoms with van der Waals surface area (Å²) in [5.41, 5.74) is 8.50. The third kappa shape index (κ3) is 9.43. The van der Waals surface area contributed by atoms with E-state index in [9.17, 15) is 0 Å². The van der Waals surface area contributed by atoms with E-state index in [1.165, 1.54) is 3.07 Å². The van der Waals surface area contributed by atoms with Gasteiger partial charge in [0.2, 0.25) is 0 Å². The molecule has 0 radical (unpaired) electrons.